The van der Waals surface area contributed by atoms with E-state index in [1.165, 1.54) is 4.90 Å². The Balaban J connectivity index is 2.02. The molecule has 0 saturated carbocycles. The molecule has 0 radical (unpaired) electrons. The summed E-state index contributed by atoms with van der Waals surface area (Å²) in [6, 6.07) is 13.9. The first kappa shape index (κ1) is 18.5. The molecule has 1 amide bonds. The highest BCUT2D eigenvalue weighted by Crippen LogP contribution is 2.36. The Morgan fingerprint density at radius 3 is 2.11 bits per heavy atom. The Hall–Kier alpha value is -3.26. The van der Waals surface area contributed by atoms with Gasteiger partial charge in [0.2, 0.25) is 0 Å². The number of ether oxygens (including phenoxy) is 2. The molecule has 1 aliphatic heterocycles. The van der Waals surface area contributed by atoms with Gasteiger partial charge in [-0.05, 0) is 60.3 Å². The summed E-state index contributed by atoms with van der Waals surface area (Å²) in [5.41, 5.74) is 1.18. The molecule has 0 spiro atoms. The van der Waals surface area contributed by atoms with Crippen LogP contribution in [0.25, 0.3) is 0 Å². The Kier molecular flexibility index (Phi) is 5.46. The number of carbonyl (C=O) groups excluding carboxylic acids is 1. The van der Waals surface area contributed by atoms with Crippen molar-refractivity contribution in [2.75, 3.05) is 19.1 Å². The molecule has 8 heteroatoms. The van der Waals surface area contributed by atoms with Gasteiger partial charge in [-0.1, -0.05) is 0 Å². The number of rotatable bonds is 5. The maximum Gasteiger partial charge on any atom is 0.329 e. The molecular weight excluding hydrogens is 368 g/mol. The van der Waals surface area contributed by atoms with E-state index in [1.54, 1.807) is 62.8 Å². The number of amidine groups is 1. The number of nitrogens with zero attached hydrogens (tertiary/aromatic N) is 2. The maximum atomic E-state index is 12.7. The van der Waals surface area contributed by atoms with Crippen molar-refractivity contribution in [3.8, 4) is 11.5 Å². The van der Waals surface area contributed by atoms with E-state index in [0.29, 0.717) is 28.0 Å². The molecule has 2 aromatic carbocycles. The second-order valence-corrected chi connectivity index (χ2v) is 6.39. The lowest BCUT2D eigenvalue weighted by atomic mass is 10.2. The fourth-order valence-corrected chi connectivity index (χ4v) is 3.35. The minimum Gasteiger partial charge on any atom is -0.497 e. The van der Waals surface area contributed by atoms with Gasteiger partial charge in [-0.3, -0.25) is 9.69 Å². The van der Waals surface area contributed by atoms with Crippen LogP contribution in [0.5, 0.6) is 11.5 Å². The van der Waals surface area contributed by atoms with Crippen molar-refractivity contribution in [3.05, 3.63) is 59.5 Å². The van der Waals surface area contributed by atoms with Crippen LogP contribution >= 0.6 is 11.8 Å². The Labute approximate surface area is 159 Å². The molecule has 1 aliphatic rings. The lowest BCUT2D eigenvalue weighted by Gasteiger charge is -2.16. The molecule has 27 heavy (non-hydrogen) atoms. The second kappa shape index (κ2) is 7.96. The van der Waals surface area contributed by atoms with Gasteiger partial charge in [0.1, 0.15) is 11.5 Å². The van der Waals surface area contributed by atoms with Crippen LogP contribution in [0, 0.1) is 0 Å². The van der Waals surface area contributed by atoms with Gasteiger partial charge in [0, 0.05) is 6.08 Å². The second-order valence-electron chi connectivity index (χ2n) is 5.38. The average Bonchev–Trinajstić information content (AvgIpc) is 2.97. The number of carboxylic acid groups (broad SMARTS) is 1. The van der Waals surface area contributed by atoms with E-state index >= 15 is 0 Å². The van der Waals surface area contributed by atoms with Gasteiger partial charge in [-0.15, -0.1) is 0 Å². The Morgan fingerprint density at radius 1 is 1.04 bits per heavy atom. The molecule has 1 N–H and O–H groups in total. The highest BCUT2D eigenvalue weighted by atomic mass is 32.2. The zero-order valence-electron chi connectivity index (χ0n) is 14.6. The third kappa shape index (κ3) is 4.12. The molecule has 1 heterocycles. The monoisotopic (exact) mass is 384 g/mol. The number of aliphatic imine (C=N–C) groups is 1. The van der Waals surface area contributed by atoms with Crippen molar-refractivity contribution in [2.24, 2.45) is 4.99 Å². The summed E-state index contributed by atoms with van der Waals surface area (Å²) in [5.74, 6) is -0.299. The van der Waals surface area contributed by atoms with Gasteiger partial charge in [-0.25, -0.2) is 9.79 Å². The van der Waals surface area contributed by atoms with Gasteiger partial charge < -0.3 is 14.6 Å². The number of methoxy groups -OCH3 is 2. The number of aliphatic carboxylic acids is 1. The van der Waals surface area contributed by atoms with E-state index in [1.807, 2.05) is 0 Å². The lowest BCUT2D eigenvalue weighted by Crippen LogP contribution is -2.28. The zero-order valence-corrected chi connectivity index (χ0v) is 15.4. The molecule has 138 valence electrons. The number of anilines is 1. The fraction of sp³-hybridized carbons (Fsp3) is 0.105. The van der Waals surface area contributed by atoms with Crippen LogP contribution in [0.1, 0.15) is 0 Å². The van der Waals surface area contributed by atoms with Gasteiger partial charge in [0.25, 0.3) is 5.91 Å². The van der Waals surface area contributed by atoms with Crippen LogP contribution in [0.3, 0.4) is 0 Å². The zero-order chi connectivity index (χ0) is 19.4. The molecule has 1 fully saturated rings. The van der Waals surface area contributed by atoms with E-state index < -0.39 is 11.9 Å². The van der Waals surface area contributed by atoms with Crippen molar-refractivity contribution in [1.29, 1.82) is 0 Å². The number of carbonyl (C=O) groups is 2. The van der Waals surface area contributed by atoms with Crippen LogP contribution in [-0.4, -0.2) is 36.4 Å². The maximum absolute atomic E-state index is 12.7. The van der Waals surface area contributed by atoms with E-state index in [-0.39, 0.29) is 4.91 Å². The molecule has 0 unspecified atom stereocenters. The normalized spacial score (nSPS) is 16.8. The first-order chi connectivity index (χ1) is 13.0. The molecule has 0 aromatic heterocycles. The van der Waals surface area contributed by atoms with Gasteiger partial charge in [0.15, 0.2) is 5.17 Å². The van der Waals surface area contributed by atoms with Crippen molar-refractivity contribution >= 4 is 40.2 Å². The van der Waals surface area contributed by atoms with Gasteiger partial charge in [-0.2, -0.15) is 0 Å². The highest BCUT2D eigenvalue weighted by Gasteiger charge is 2.35. The van der Waals surface area contributed by atoms with E-state index in [2.05, 4.69) is 4.99 Å². The van der Waals surface area contributed by atoms with Crippen molar-refractivity contribution in [3.63, 3.8) is 0 Å². The first-order valence-electron chi connectivity index (χ1n) is 7.85. The summed E-state index contributed by atoms with van der Waals surface area (Å²) in [7, 11) is 3.12. The summed E-state index contributed by atoms with van der Waals surface area (Å²) < 4.78 is 10.3. The summed E-state index contributed by atoms with van der Waals surface area (Å²) >= 11 is 1.01. The molecule has 2 aromatic rings. The SMILES string of the molecule is COc1ccc(N=C2S/C(=C\C(=O)O)C(=O)N2c2ccc(OC)cc2)cc1. The van der Waals surface area contributed by atoms with Crippen LogP contribution in [0.15, 0.2) is 64.5 Å². The number of hydrogen-bond acceptors (Lipinski definition) is 6. The van der Waals surface area contributed by atoms with Crippen LogP contribution in [-0.2, 0) is 9.59 Å². The van der Waals surface area contributed by atoms with Crippen LogP contribution in [0.2, 0.25) is 0 Å². The van der Waals surface area contributed by atoms with Crippen molar-refractivity contribution < 1.29 is 24.2 Å². The molecule has 1 saturated heterocycles. The summed E-state index contributed by atoms with van der Waals surface area (Å²) in [6.45, 7) is 0. The molecular formula is C19H16N2O5S. The third-order valence-electron chi connectivity index (χ3n) is 3.69. The lowest BCUT2D eigenvalue weighted by molar-refractivity contribution is -0.131. The Bertz CT molecular complexity index is 920. The first-order valence-corrected chi connectivity index (χ1v) is 8.67. The van der Waals surface area contributed by atoms with E-state index in [9.17, 15) is 9.59 Å². The quantitative estimate of drug-likeness (QED) is 0.795. The highest BCUT2D eigenvalue weighted by molar-refractivity contribution is 8.19. The standard InChI is InChI=1S/C19H16N2O5S/c1-25-14-7-3-12(4-8-14)20-19-21(13-5-9-15(26-2)10-6-13)18(24)16(27-19)11-17(22)23/h3-11H,1-2H3,(H,22,23)/b16-11-,20-19?. The fourth-order valence-electron chi connectivity index (χ4n) is 2.39. The summed E-state index contributed by atoms with van der Waals surface area (Å²) in [5, 5.41) is 9.38. The number of benzene rings is 2. The minimum atomic E-state index is -1.19. The molecule has 0 atom stereocenters. The number of hydrogen-bond donors (Lipinski definition) is 1. The topological polar surface area (TPSA) is 88.4 Å². The molecule has 0 aliphatic carbocycles. The predicted octanol–water partition coefficient (Wildman–Crippen LogP) is 3.44. The molecule has 3 rings (SSSR count). The Morgan fingerprint density at radius 2 is 1.59 bits per heavy atom. The van der Waals surface area contributed by atoms with Gasteiger partial charge in [0.05, 0.1) is 30.5 Å². The summed E-state index contributed by atoms with van der Waals surface area (Å²) in [6.07, 6.45) is 0.889. The number of carboxylic acids is 1. The smallest absolute Gasteiger partial charge is 0.329 e. The number of thioether (sulfide) groups is 1. The van der Waals surface area contributed by atoms with Gasteiger partial charge >= 0.3 is 5.97 Å². The number of amides is 1. The van der Waals surface area contributed by atoms with Crippen molar-refractivity contribution in [2.45, 2.75) is 0 Å². The third-order valence-corrected chi connectivity index (χ3v) is 4.66. The van der Waals surface area contributed by atoms with E-state index in [0.717, 1.165) is 17.8 Å². The summed E-state index contributed by atoms with van der Waals surface area (Å²) in [4.78, 5) is 29.7. The average molecular weight is 384 g/mol. The van der Waals surface area contributed by atoms with Crippen LogP contribution in [0.4, 0.5) is 11.4 Å². The largest absolute Gasteiger partial charge is 0.497 e. The molecule has 7 nitrogen and oxygen atoms in total. The van der Waals surface area contributed by atoms with Crippen LogP contribution < -0.4 is 14.4 Å². The van der Waals surface area contributed by atoms with E-state index in [4.69, 9.17) is 14.6 Å². The minimum absolute atomic E-state index is 0.0885. The molecule has 0 bridgehead atoms. The predicted molar refractivity (Wildman–Crippen MR) is 104 cm³/mol. The van der Waals surface area contributed by atoms with Crippen molar-refractivity contribution in [1.82, 2.24) is 0 Å².